The number of aryl methyl sites for hydroxylation is 2. The summed E-state index contributed by atoms with van der Waals surface area (Å²) in [6.45, 7) is 9.19. The van der Waals surface area contributed by atoms with E-state index >= 15 is 0 Å². The maximum absolute atomic E-state index is 5.43. The van der Waals surface area contributed by atoms with E-state index in [0.717, 1.165) is 26.2 Å². The minimum Gasteiger partial charge on any atom is -0.379 e. The second kappa shape index (κ2) is 4.56. The summed E-state index contributed by atoms with van der Waals surface area (Å²) >= 11 is 0. The van der Waals surface area contributed by atoms with E-state index in [1.54, 1.807) is 0 Å². The molecule has 0 aromatic heterocycles. The Labute approximate surface area is 98.0 Å². The van der Waals surface area contributed by atoms with Crippen molar-refractivity contribution in [3.05, 3.63) is 34.9 Å². The molecule has 0 amide bonds. The molecule has 0 aliphatic carbocycles. The van der Waals surface area contributed by atoms with Crippen LogP contribution in [-0.4, -0.2) is 18.8 Å². The zero-order valence-electron chi connectivity index (χ0n) is 10.5. The standard InChI is InChI=1S/C14H21NO/c1-11-6-12(2)8-13(7-11)9-15-14(3)4-5-16-10-14/h6-8,15H,4-5,9-10H2,1-3H3. The number of ether oxygens (including phenoxy) is 1. The normalized spacial score (nSPS) is 24.9. The van der Waals surface area contributed by atoms with Gasteiger partial charge in [-0.25, -0.2) is 0 Å². The van der Waals surface area contributed by atoms with E-state index in [-0.39, 0.29) is 5.54 Å². The highest BCUT2D eigenvalue weighted by Gasteiger charge is 2.28. The molecule has 1 N–H and O–H groups in total. The smallest absolute Gasteiger partial charge is 0.0646 e. The van der Waals surface area contributed by atoms with E-state index in [4.69, 9.17) is 4.74 Å². The van der Waals surface area contributed by atoms with E-state index in [2.05, 4.69) is 44.3 Å². The molecule has 1 heterocycles. The van der Waals surface area contributed by atoms with Gasteiger partial charge in [0.2, 0.25) is 0 Å². The predicted octanol–water partition coefficient (Wildman–Crippen LogP) is 2.57. The first-order chi connectivity index (χ1) is 7.57. The van der Waals surface area contributed by atoms with Crippen molar-refractivity contribution in [2.24, 2.45) is 0 Å². The van der Waals surface area contributed by atoms with Gasteiger partial charge in [0, 0.05) is 18.7 Å². The molecule has 16 heavy (non-hydrogen) atoms. The van der Waals surface area contributed by atoms with Crippen molar-refractivity contribution in [1.82, 2.24) is 5.32 Å². The molecule has 2 nitrogen and oxygen atoms in total. The molecule has 0 spiro atoms. The maximum atomic E-state index is 5.43. The lowest BCUT2D eigenvalue weighted by Gasteiger charge is -2.23. The Bertz CT molecular complexity index is 347. The number of nitrogens with one attached hydrogen (secondary N) is 1. The first kappa shape index (κ1) is 11.6. The Morgan fingerprint density at radius 3 is 2.50 bits per heavy atom. The van der Waals surface area contributed by atoms with E-state index in [9.17, 15) is 0 Å². The highest BCUT2D eigenvalue weighted by molar-refractivity contribution is 5.28. The Kier molecular flexibility index (Phi) is 3.31. The first-order valence-corrected chi connectivity index (χ1v) is 5.97. The minimum atomic E-state index is 0.164. The van der Waals surface area contributed by atoms with Crippen LogP contribution in [-0.2, 0) is 11.3 Å². The van der Waals surface area contributed by atoms with Crippen LogP contribution in [0.15, 0.2) is 18.2 Å². The van der Waals surface area contributed by atoms with Gasteiger partial charge in [-0.3, -0.25) is 0 Å². The topological polar surface area (TPSA) is 21.3 Å². The third-order valence-corrected chi connectivity index (χ3v) is 3.22. The van der Waals surface area contributed by atoms with Crippen molar-refractivity contribution in [3.63, 3.8) is 0 Å². The fraction of sp³-hybridized carbons (Fsp3) is 0.571. The van der Waals surface area contributed by atoms with Gasteiger partial charge >= 0.3 is 0 Å². The zero-order chi connectivity index (χ0) is 11.6. The molecule has 1 fully saturated rings. The third kappa shape index (κ3) is 2.83. The fourth-order valence-electron chi connectivity index (χ4n) is 2.29. The largest absolute Gasteiger partial charge is 0.379 e. The van der Waals surface area contributed by atoms with Gasteiger partial charge in [-0.2, -0.15) is 0 Å². The van der Waals surface area contributed by atoms with Crippen molar-refractivity contribution in [3.8, 4) is 0 Å². The molecule has 1 unspecified atom stereocenters. The summed E-state index contributed by atoms with van der Waals surface area (Å²) in [5.41, 5.74) is 4.21. The summed E-state index contributed by atoms with van der Waals surface area (Å²) in [6, 6.07) is 6.71. The average molecular weight is 219 g/mol. The third-order valence-electron chi connectivity index (χ3n) is 3.22. The van der Waals surface area contributed by atoms with Gasteiger partial charge in [0.1, 0.15) is 0 Å². The van der Waals surface area contributed by atoms with Gasteiger partial charge in [-0.05, 0) is 32.8 Å². The van der Waals surface area contributed by atoms with E-state index in [1.165, 1.54) is 16.7 Å². The van der Waals surface area contributed by atoms with E-state index in [1.807, 2.05) is 0 Å². The SMILES string of the molecule is Cc1cc(C)cc(CNC2(C)CCOC2)c1. The molecule has 0 radical (unpaired) electrons. The van der Waals surface area contributed by atoms with Crippen LogP contribution in [0, 0.1) is 13.8 Å². The summed E-state index contributed by atoms with van der Waals surface area (Å²) in [7, 11) is 0. The number of rotatable bonds is 3. The quantitative estimate of drug-likeness (QED) is 0.843. The molecular weight excluding hydrogens is 198 g/mol. The molecule has 2 rings (SSSR count). The summed E-state index contributed by atoms with van der Waals surface area (Å²) in [5, 5.41) is 3.60. The summed E-state index contributed by atoms with van der Waals surface area (Å²) in [6.07, 6.45) is 1.11. The van der Waals surface area contributed by atoms with Gasteiger partial charge in [-0.1, -0.05) is 29.3 Å². The molecule has 1 atom stereocenters. The summed E-state index contributed by atoms with van der Waals surface area (Å²) < 4.78 is 5.43. The van der Waals surface area contributed by atoms with Crippen LogP contribution in [0.4, 0.5) is 0 Å². The zero-order valence-corrected chi connectivity index (χ0v) is 10.5. The molecule has 1 aromatic carbocycles. The second-order valence-electron chi connectivity index (χ2n) is 5.21. The summed E-state index contributed by atoms with van der Waals surface area (Å²) in [5.74, 6) is 0. The molecule has 0 bridgehead atoms. The molecule has 2 heteroatoms. The van der Waals surface area contributed by atoms with Crippen molar-refractivity contribution in [2.45, 2.75) is 39.3 Å². The van der Waals surface area contributed by atoms with Crippen LogP contribution >= 0.6 is 0 Å². The van der Waals surface area contributed by atoms with Gasteiger partial charge in [0.15, 0.2) is 0 Å². The molecule has 1 saturated heterocycles. The van der Waals surface area contributed by atoms with Gasteiger partial charge in [0.25, 0.3) is 0 Å². The van der Waals surface area contributed by atoms with Crippen LogP contribution < -0.4 is 5.32 Å². The highest BCUT2D eigenvalue weighted by atomic mass is 16.5. The van der Waals surface area contributed by atoms with Crippen molar-refractivity contribution >= 4 is 0 Å². The predicted molar refractivity (Wildman–Crippen MR) is 66.6 cm³/mol. The molecule has 1 aromatic rings. The van der Waals surface area contributed by atoms with Crippen molar-refractivity contribution in [1.29, 1.82) is 0 Å². The van der Waals surface area contributed by atoms with E-state index < -0.39 is 0 Å². The number of benzene rings is 1. The van der Waals surface area contributed by atoms with Crippen LogP contribution in [0.3, 0.4) is 0 Å². The van der Waals surface area contributed by atoms with Crippen LogP contribution in [0.25, 0.3) is 0 Å². The molecule has 1 aliphatic heterocycles. The van der Waals surface area contributed by atoms with Gasteiger partial charge in [0.05, 0.1) is 6.61 Å². The van der Waals surface area contributed by atoms with E-state index in [0.29, 0.717) is 0 Å². The van der Waals surface area contributed by atoms with Gasteiger partial charge < -0.3 is 10.1 Å². The second-order valence-corrected chi connectivity index (χ2v) is 5.21. The Hall–Kier alpha value is -0.860. The van der Waals surface area contributed by atoms with Crippen LogP contribution in [0.2, 0.25) is 0 Å². The lowest BCUT2D eigenvalue weighted by atomic mass is 10.0. The minimum absolute atomic E-state index is 0.164. The fourth-order valence-corrected chi connectivity index (χ4v) is 2.29. The molecule has 1 aliphatic rings. The van der Waals surface area contributed by atoms with Gasteiger partial charge in [-0.15, -0.1) is 0 Å². The lowest BCUT2D eigenvalue weighted by Crippen LogP contribution is -2.42. The lowest BCUT2D eigenvalue weighted by molar-refractivity contribution is 0.171. The average Bonchev–Trinajstić information content (AvgIpc) is 2.62. The first-order valence-electron chi connectivity index (χ1n) is 5.97. The van der Waals surface area contributed by atoms with Crippen LogP contribution in [0.5, 0.6) is 0 Å². The number of hydrogen-bond donors (Lipinski definition) is 1. The monoisotopic (exact) mass is 219 g/mol. The Morgan fingerprint density at radius 1 is 1.25 bits per heavy atom. The number of hydrogen-bond acceptors (Lipinski definition) is 2. The highest BCUT2D eigenvalue weighted by Crippen LogP contribution is 2.18. The van der Waals surface area contributed by atoms with Crippen molar-refractivity contribution in [2.75, 3.05) is 13.2 Å². The Balaban J connectivity index is 1.98. The molecule has 0 saturated carbocycles. The summed E-state index contributed by atoms with van der Waals surface area (Å²) in [4.78, 5) is 0. The van der Waals surface area contributed by atoms with Crippen LogP contribution in [0.1, 0.15) is 30.0 Å². The maximum Gasteiger partial charge on any atom is 0.0646 e. The Morgan fingerprint density at radius 2 is 1.94 bits per heavy atom. The molecular formula is C14H21NO. The molecule has 88 valence electrons. The van der Waals surface area contributed by atoms with Crippen molar-refractivity contribution < 1.29 is 4.74 Å².